The van der Waals surface area contributed by atoms with Gasteiger partial charge < -0.3 is 89.9 Å². The molecule has 0 spiro atoms. The van der Waals surface area contributed by atoms with Crippen molar-refractivity contribution in [2.45, 2.75) is 439 Å². The van der Waals surface area contributed by atoms with Crippen LogP contribution in [0.25, 0.3) is 0 Å². The van der Waals surface area contributed by atoms with E-state index in [-0.39, 0.29) is 18.9 Å². The summed E-state index contributed by atoms with van der Waals surface area (Å²) >= 11 is 0. The van der Waals surface area contributed by atoms with Gasteiger partial charge in [0.1, 0.15) is 73.2 Å². The number of aliphatic hydroxyl groups is 11. The number of aliphatic hydroxyl groups excluding tert-OH is 11. The minimum Gasteiger partial charge on any atom is -0.394 e. The van der Waals surface area contributed by atoms with E-state index < -0.39 is 124 Å². The summed E-state index contributed by atoms with van der Waals surface area (Å²) in [6, 6.07) is -0.994. The number of carbonyl (C=O) groups excluding carboxylic acids is 1. The van der Waals surface area contributed by atoms with E-state index in [0.717, 1.165) is 128 Å². The van der Waals surface area contributed by atoms with E-state index >= 15 is 0 Å². The van der Waals surface area contributed by atoms with Crippen LogP contribution in [-0.4, -0.2) is 193 Å². The van der Waals surface area contributed by atoms with E-state index in [1.54, 1.807) is 6.08 Å². The van der Waals surface area contributed by atoms with Gasteiger partial charge in [0.25, 0.3) is 0 Å². The highest BCUT2D eigenvalue weighted by atomic mass is 16.8. The molecule has 0 radical (unpaired) electrons. The van der Waals surface area contributed by atoms with Crippen molar-refractivity contribution in [3.8, 4) is 0 Å². The first-order chi connectivity index (χ1) is 56.3. The minimum atomic E-state index is -1.99. The van der Waals surface area contributed by atoms with Crippen molar-refractivity contribution in [2.24, 2.45) is 0 Å². The zero-order chi connectivity index (χ0) is 83.1. The van der Waals surface area contributed by atoms with Gasteiger partial charge in [0.15, 0.2) is 18.9 Å². The molecule has 0 aliphatic carbocycles. The van der Waals surface area contributed by atoms with Crippen LogP contribution in [0, 0.1) is 0 Å². The monoisotopic (exact) mass is 1620 g/mol. The van der Waals surface area contributed by atoms with Crippen LogP contribution in [0.15, 0.2) is 134 Å². The van der Waals surface area contributed by atoms with Crippen LogP contribution in [0.4, 0.5) is 0 Å². The highest BCUT2D eigenvalue weighted by Gasteiger charge is 2.54. The molecule has 19 heteroatoms. The Morgan fingerprint density at radius 2 is 0.600 bits per heavy atom. The first kappa shape index (κ1) is 105. The van der Waals surface area contributed by atoms with Gasteiger partial charge in [-0.25, -0.2) is 0 Å². The molecule has 1 amide bonds. The molecule has 17 atom stereocenters. The first-order valence-corrected chi connectivity index (χ1v) is 45.9. The van der Waals surface area contributed by atoms with Crippen LogP contribution in [-0.2, 0) is 33.2 Å². The summed E-state index contributed by atoms with van der Waals surface area (Å²) in [4.78, 5) is 13.5. The third-order valence-corrected chi connectivity index (χ3v) is 22.0. The van der Waals surface area contributed by atoms with Crippen molar-refractivity contribution < 1.29 is 89.4 Å². The Morgan fingerprint density at radius 1 is 0.322 bits per heavy atom. The largest absolute Gasteiger partial charge is 0.394 e. The fourth-order valence-corrected chi connectivity index (χ4v) is 14.7. The van der Waals surface area contributed by atoms with Crippen molar-refractivity contribution >= 4 is 5.91 Å². The van der Waals surface area contributed by atoms with Crippen molar-refractivity contribution in [3.63, 3.8) is 0 Å². The second-order valence-electron chi connectivity index (χ2n) is 32.0. The highest BCUT2D eigenvalue weighted by molar-refractivity contribution is 5.76. The second kappa shape index (κ2) is 73.8. The van der Waals surface area contributed by atoms with Crippen molar-refractivity contribution in [1.82, 2.24) is 5.32 Å². The van der Waals surface area contributed by atoms with E-state index in [1.165, 1.54) is 180 Å². The Kier molecular flexibility index (Phi) is 67.5. The molecule has 662 valence electrons. The summed E-state index contributed by atoms with van der Waals surface area (Å²) in [6.07, 6.45) is 80.2. The lowest BCUT2D eigenvalue weighted by molar-refractivity contribution is -0.379. The molecule has 3 aliphatic rings. The fraction of sp³-hybridized carbons (Fsp3) is 0.760. The standard InChI is InChI=1S/C96H165NO18/c1-3-5-7-9-11-13-15-17-19-21-23-25-27-29-31-33-35-37-38-39-40-42-44-46-48-50-52-54-56-58-60-62-64-66-68-70-72-74-84(102)97-79(80(101)73-71-69-67-65-63-61-59-57-55-53-51-49-47-45-43-41-36-34-32-30-28-26-24-22-20-18-16-14-12-10-8-6-4-2)78-110-94-90(108)87(105)92(82(76-99)112-94)115-96-91(109)88(106)93(83(77-100)113-96)114-95-89(107)86(104)85(103)81(75-98)111-95/h5,7,11,13,17,19,23,25,29,31,35,37,39-40,44,46,50,52,56,58,71,73,79-83,85-96,98-101,103-109H,3-4,6,8-10,12,14-16,18,20-22,24,26-28,30,32-34,36,38,41-43,45,47-49,51,53-55,57,59-70,72,74-78H2,1-2H3,(H,97,102)/b7-5-,13-11-,19-17-,25-23-,31-29-,37-35-,40-39-,46-44-,52-50-,58-56-,73-71+. The Morgan fingerprint density at radius 3 is 0.939 bits per heavy atom. The van der Waals surface area contributed by atoms with Gasteiger partial charge in [0.2, 0.25) is 5.91 Å². The normalized spacial score (nSPS) is 25.2. The van der Waals surface area contributed by atoms with E-state index in [0.29, 0.717) is 6.42 Å². The van der Waals surface area contributed by atoms with Gasteiger partial charge in [-0.2, -0.15) is 0 Å². The van der Waals surface area contributed by atoms with Gasteiger partial charge >= 0.3 is 0 Å². The average Bonchev–Trinajstić information content (AvgIpc) is 0.779. The summed E-state index contributed by atoms with van der Waals surface area (Å²) in [7, 11) is 0. The van der Waals surface area contributed by atoms with Crippen LogP contribution in [0.2, 0.25) is 0 Å². The van der Waals surface area contributed by atoms with Gasteiger partial charge in [-0.3, -0.25) is 4.79 Å². The van der Waals surface area contributed by atoms with Gasteiger partial charge in [-0.05, 0) is 96.3 Å². The van der Waals surface area contributed by atoms with Crippen LogP contribution in [0.1, 0.15) is 335 Å². The smallest absolute Gasteiger partial charge is 0.220 e. The van der Waals surface area contributed by atoms with Crippen LogP contribution < -0.4 is 5.32 Å². The molecule has 3 aliphatic heterocycles. The topological polar surface area (TPSA) is 307 Å². The maximum Gasteiger partial charge on any atom is 0.220 e. The Labute approximate surface area is 696 Å². The molecule has 0 aromatic heterocycles. The summed E-state index contributed by atoms with van der Waals surface area (Å²) in [5, 5.41) is 121. The fourth-order valence-electron chi connectivity index (χ4n) is 14.7. The highest BCUT2D eigenvalue weighted by Crippen LogP contribution is 2.33. The first-order valence-electron chi connectivity index (χ1n) is 45.9. The molecule has 0 saturated carbocycles. The van der Waals surface area contributed by atoms with Crippen LogP contribution >= 0.6 is 0 Å². The predicted molar refractivity (Wildman–Crippen MR) is 466 cm³/mol. The van der Waals surface area contributed by atoms with E-state index in [9.17, 15) is 61.0 Å². The Balaban J connectivity index is 1.35. The molecule has 19 nitrogen and oxygen atoms in total. The molecule has 17 unspecified atom stereocenters. The molecule has 115 heavy (non-hydrogen) atoms. The maximum atomic E-state index is 13.5. The van der Waals surface area contributed by atoms with Gasteiger partial charge in [-0.15, -0.1) is 0 Å². The van der Waals surface area contributed by atoms with Crippen molar-refractivity contribution in [3.05, 3.63) is 134 Å². The molecule has 12 N–H and O–H groups in total. The summed E-state index contributed by atoms with van der Waals surface area (Å²) in [6.45, 7) is 1.64. The maximum absolute atomic E-state index is 13.5. The lowest BCUT2D eigenvalue weighted by Gasteiger charge is -2.48. The number of hydrogen-bond acceptors (Lipinski definition) is 18. The van der Waals surface area contributed by atoms with Gasteiger partial charge in [0.05, 0.1) is 38.6 Å². The van der Waals surface area contributed by atoms with Crippen molar-refractivity contribution in [1.29, 1.82) is 0 Å². The zero-order valence-electron chi connectivity index (χ0n) is 71.5. The number of allylic oxidation sites excluding steroid dienone is 21. The number of rotatable bonds is 73. The summed E-state index contributed by atoms with van der Waals surface area (Å²) in [5.74, 6) is -0.292. The lowest BCUT2D eigenvalue weighted by atomic mass is 9.96. The zero-order valence-corrected chi connectivity index (χ0v) is 71.5. The van der Waals surface area contributed by atoms with Crippen molar-refractivity contribution in [2.75, 3.05) is 26.4 Å². The Hall–Kier alpha value is -4.07. The van der Waals surface area contributed by atoms with E-state index in [4.69, 9.17) is 28.4 Å². The molecular formula is C96H165NO18. The summed E-state index contributed by atoms with van der Waals surface area (Å²) in [5.41, 5.74) is 0. The quantitative estimate of drug-likeness (QED) is 0.0199. The summed E-state index contributed by atoms with van der Waals surface area (Å²) < 4.78 is 34.5. The number of nitrogens with one attached hydrogen (secondary N) is 1. The molecule has 3 fully saturated rings. The SMILES string of the molecule is CC/C=C\C/C=C\C/C=C\C/C=C\C/C=C\C/C=C\C/C=C\C/C=C\C/C=C\C/C=C\CCCCCCCCC(=O)NC(COC1OC(CO)C(OC2OC(CO)C(OC3OC(CO)C(O)C(O)C3O)C(O)C2O)C(O)C1O)C(O)/C=C/CCCCCCCCCCCCCCCCCCCCCCCCCCCCCCCCC. The number of ether oxygens (including phenoxy) is 6. The molecule has 3 heterocycles. The third kappa shape index (κ3) is 52.0. The van der Waals surface area contributed by atoms with E-state index in [1.807, 2.05) is 6.08 Å². The Bertz CT molecular complexity index is 2600. The van der Waals surface area contributed by atoms with Crippen LogP contribution in [0.3, 0.4) is 0 Å². The third-order valence-electron chi connectivity index (χ3n) is 22.0. The number of carbonyl (C=O) groups is 1. The van der Waals surface area contributed by atoms with Gasteiger partial charge in [0, 0.05) is 6.42 Å². The molecule has 0 aromatic carbocycles. The minimum absolute atomic E-state index is 0.218. The predicted octanol–water partition coefficient (Wildman–Crippen LogP) is 18.0. The molecule has 0 bridgehead atoms. The number of unbranched alkanes of at least 4 members (excludes halogenated alkanes) is 37. The second-order valence-corrected chi connectivity index (χ2v) is 32.0. The lowest BCUT2D eigenvalue weighted by Crippen LogP contribution is -2.66. The molecule has 3 saturated heterocycles. The molecule has 0 aromatic rings. The molecule has 3 rings (SSSR count). The molecular weight excluding hydrogens is 1460 g/mol. The van der Waals surface area contributed by atoms with Gasteiger partial charge in [-0.1, -0.05) is 366 Å². The number of hydrogen-bond donors (Lipinski definition) is 12. The van der Waals surface area contributed by atoms with E-state index in [2.05, 4.69) is 141 Å². The number of amides is 1. The average molecular weight is 1620 g/mol. The van der Waals surface area contributed by atoms with Crippen LogP contribution in [0.5, 0.6) is 0 Å².